The molecule has 0 atom stereocenters. The first-order chi connectivity index (χ1) is 11.1. The molecule has 0 aliphatic heterocycles. The second kappa shape index (κ2) is 6.67. The predicted molar refractivity (Wildman–Crippen MR) is 91.7 cm³/mol. The molecule has 0 unspecified atom stereocenters. The van der Waals surface area contributed by atoms with Gasteiger partial charge in [0.2, 0.25) is 0 Å². The maximum Gasteiger partial charge on any atom is 0.411 e. The van der Waals surface area contributed by atoms with Crippen molar-refractivity contribution >= 4 is 34.2 Å². The highest BCUT2D eigenvalue weighted by atomic mass is 35.5. The summed E-state index contributed by atoms with van der Waals surface area (Å²) in [6.45, 7) is 2.18. The summed E-state index contributed by atoms with van der Waals surface area (Å²) in [7, 11) is 0. The number of hydrogen-bond acceptors (Lipinski definition) is 3. The average Bonchev–Trinajstić information content (AvgIpc) is 2.57. The first-order valence-electron chi connectivity index (χ1n) is 7.16. The molecule has 5 heteroatoms. The summed E-state index contributed by atoms with van der Waals surface area (Å²) in [5, 5.41) is 4.98. The van der Waals surface area contributed by atoms with Crippen LogP contribution in [-0.2, 0) is 11.3 Å². The van der Waals surface area contributed by atoms with E-state index in [0.29, 0.717) is 10.8 Å². The number of anilines is 1. The van der Waals surface area contributed by atoms with E-state index in [4.69, 9.17) is 16.3 Å². The van der Waals surface area contributed by atoms with E-state index in [0.717, 1.165) is 21.9 Å². The number of hydrogen-bond donors (Lipinski definition) is 1. The molecule has 1 amide bonds. The summed E-state index contributed by atoms with van der Waals surface area (Å²) in [5.74, 6) is 0. The molecule has 4 nitrogen and oxygen atoms in total. The second-order valence-electron chi connectivity index (χ2n) is 5.18. The van der Waals surface area contributed by atoms with Crippen LogP contribution in [-0.4, -0.2) is 11.1 Å². The highest BCUT2D eigenvalue weighted by Crippen LogP contribution is 2.27. The topological polar surface area (TPSA) is 51.2 Å². The fourth-order valence-electron chi connectivity index (χ4n) is 2.30. The molecule has 1 heterocycles. The summed E-state index contributed by atoms with van der Waals surface area (Å²) < 4.78 is 5.21. The van der Waals surface area contributed by atoms with Crippen LogP contribution in [0.1, 0.15) is 11.1 Å². The predicted octanol–water partition coefficient (Wildman–Crippen LogP) is 4.95. The number of nitrogens with one attached hydrogen (secondary N) is 1. The largest absolute Gasteiger partial charge is 0.444 e. The Morgan fingerprint density at radius 2 is 1.96 bits per heavy atom. The van der Waals surface area contributed by atoms with Gasteiger partial charge in [-0.2, -0.15) is 0 Å². The van der Waals surface area contributed by atoms with Crippen LogP contribution in [0.4, 0.5) is 10.5 Å². The summed E-state index contributed by atoms with van der Waals surface area (Å²) in [6, 6.07) is 15.0. The Morgan fingerprint density at radius 3 is 2.74 bits per heavy atom. The van der Waals surface area contributed by atoms with Crippen LogP contribution in [0.3, 0.4) is 0 Å². The van der Waals surface area contributed by atoms with Crippen molar-refractivity contribution in [3.8, 4) is 0 Å². The number of pyridine rings is 1. The molecule has 0 saturated heterocycles. The Balaban J connectivity index is 1.71. The molecule has 0 spiro atoms. The molecular weight excluding hydrogens is 312 g/mol. The Labute approximate surface area is 139 Å². The Morgan fingerprint density at radius 1 is 1.17 bits per heavy atom. The van der Waals surface area contributed by atoms with Crippen LogP contribution in [0.25, 0.3) is 10.8 Å². The lowest BCUT2D eigenvalue weighted by molar-refractivity contribution is 0.155. The van der Waals surface area contributed by atoms with Crippen LogP contribution in [0, 0.1) is 6.92 Å². The minimum Gasteiger partial charge on any atom is -0.444 e. The quantitative estimate of drug-likeness (QED) is 0.693. The fraction of sp³-hybridized carbons (Fsp3) is 0.111. The fourth-order valence-corrected chi connectivity index (χ4v) is 2.51. The molecule has 1 N–H and O–H groups in total. The number of aryl methyl sites for hydroxylation is 1. The molecule has 0 fully saturated rings. The third-order valence-electron chi connectivity index (χ3n) is 3.50. The lowest BCUT2D eigenvalue weighted by atomic mass is 10.1. The number of benzene rings is 2. The van der Waals surface area contributed by atoms with Crippen LogP contribution in [0.15, 0.2) is 54.7 Å². The van der Waals surface area contributed by atoms with Gasteiger partial charge in [-0.25, -0.2) is 9.78 Å². The van der Waals surface area contributed by atoms with E-state index in [1.165, 1.54) is 0 Å². The van der Waals surface area contributed by atoms with E-state index >= 15 is 0 Å². The number of carbonyl (C=O) groups is 1. The molecule has 0 aliphatic carbocycles. The normalized spacial score (nSPS) is 10.5. The van der Waals surface area contributed by atoms with Gasteiger partial charge in [0.05, 0.1) is 0 Å². The summed E-state index contributed by atoms with van der Waals surface area (Å²) in [4.78, 5) is 16.0. The summed E-state index contributed by atoms with van der Waals surface area (Å²) in [5.41, 5.74) is 2.58. The number of fused-ring (bicyclic) bond motifs is 1. The molecule has 0 saturated carbocycles. The monoisotopic (exact) mass is 326 g/mol. The maximum atomic E-state index is 11.9. The second-order valence-corrected chi connectivity index (χ2v) is 5.54. The zero-order valence-electron chi connectivity index (χ0n) is 12.5. The third kappa shape index (κ3) is 3.60. The van der Waals surface area contributed by atoms with Gasteiger partial charge in [0.15, 0.2) is 0 Å². The van der Waals surface area contributed by atoms with Crippen molar-refractivity contribution in [2.24, 2.45) is 0 Å². The minimum absolute atomic E-state index is 0.231. The Bertz CT molecular complexity index is 850. The van der Waals surface area contributed by atoms with E-state index in [2.05, 4.69) is 10.3 Å². The number of amides is 1. The molecule has 0 radical (unpaired) electrons. The third-order valence-corrected chi connectivity index (χ3v) is 3.80. The van der Waals surface area contributed by atoms with Crippen LogP contribution < -0.4 is 5.32 Å². The van der Waals surface area contributed by atoms with Gasteiger partial charge < -0.3 is 4.74 Å². The van der Waals surface area contributed by atoms with E-state index in [-0.39, 0.29) is 6.61 Å². The summed E-state index contributed by atoms with van der Waals surface area (Å²) in [6.07, 6.45) is 1.22. The Hall–Kier alpha value is -2.59. The first-order valence-corrected chi connectivity index (χ1v) is 7.54. The van der Waals surface area contributed by atoms with Gasteiger partial charge in [0.1, 0.15) is 11.8 Å². The van der Waals surface area contributed by atoms with Crippen LogP contribution in [0.2, 0.25) is 5.15 Å². The molecule has 1 aromatic heterocycles. The van der Waals surface area contributed by atoms with Crippen LogP contribution in [0.5, 0.6) is 0 Å². The standard InChI is InChI=1S/C18H15ClN2O2/c1-12-10-20-17(19)15-8-7-14(9-16(12)15)21-18(22)23-11-13-5-3-2-4-6-13/h2-10H,11H2,1H3,(H,21,22). The lowest BCUT2D eigenvalue weighted by Crippen LogP contribution is -2.13. The number of ether oxygens (including phenoxy) is 1. The molecule has 2 aromatic carbocycles. The molecule has 116 valence electrons. The van der Waals surface area contributed by atoms with Crippen molar-refractivity contribution in [2.45, 2.75) is 13.5 Å². The van der Waals surface area contributed by atoms with Crippen LogP contribution >= 0.6 is 11.6 Å². The van der Waals surface area contributed by atoms with Gasteiger partial charge in [-0.3, -0.25) is 5.32 Å². The van der Waals surface area contributed by atoms with E-state index in [1.807, 2.05) is 49.4 Å². The van der Waals surface area contributed by atoms with Gasteiger partial charge in [-0.1, -0.05) is 41.9 Å². The number of aromatic nitrogens is 1. The van der Waals surface area contributed by atoms with Gasteiger partial charge >= 0.3 is 6.09 Å². The molecular formula is C18H15ClN2O2. The highest BCUT2D eigenvalue weighted by Gasteiger charge is 2.07. The molecule has 23 heavy (non-hydrogen) atoms. The van der Waals surface area contributed by atoms with E-state index in [9.17, 15) is 4.79 Å². The van der Waals surface area contributed by atoms with E-state index in [1.54, 1.807) is 12.3 Å². The molecule has 3 rings (SSSR count). The van der Waals surface area contributed by atoms with Crippen molar-refractivity contribution in [1.29, 1.82) is 0 Å². The van der Waals surface area contributed by atoms with E-state index < -0.39 is 6.09 Å². The minimum atomic E-state index is -0.494. The molecule has 0 bridgehead atoms. The van der Waals surface area contributed by atoms with Crippen molar-refractivity contribution in [3.63, 3.8) is 0 Å². The smallest absolute Gasteiger partial charge is 0.411 e. The van der Waals surface area contributed by atoms with Crippen molar-refractivity contribution in [3.05, 3.63) is 71.0 Å². The van der Waals surface area contributed by atoms with Gasteiger partial charge in [-0.15, -0.1) is 0 Å². The first kappa shape index (κ1) is 15.3. The number of carbonyl (C=O) groups excluding carboxylic acids is 1. The SMILES string of the molecule is Cc1cnc(Cl)c2ccc(NC(=O)OCc3ccccc3)cc12. The Kier molecular flexibility index (Phi) is 4.44. The van der Waals surface area contributed by atoms with Crippen molar-refractivity contribution in [2.75, 3.05) is 5.32 Å². The van der Waals surface area contributed by atoms with Crippen molar-refractivity contribution in [1.82, 2.24) is 4.98 Å². The molecule has 0 aliphatic rings. The lowest BCUT2D eigenvalue weighted by Gasteiger charge is -2.09. The summed E-state index contributed by atoms with van der Waals surface area (Å²) >= 11 is 6.08. The molecule has 3 aromatic rings. The van der Waals surface area contributed by atoms with Gasteiger partial charge in [0, 0.05) is 17.3 Å². The number of nitrogens with zero attached hydrogens (tertiary/aromatic N) is 1. The van der Waals surface area contributed by atoms with Gasteiger partial charge in [0.25, 0.3) is 0 Å². The number of rotatable bonds is 3. The maximum absolute atomic E-state index is 11.9. The van der Waals surface area contributed by atoms with Gasteiger partial charge in [-0.05, 0) is 41.6 Å². The zero-order chi connectivity index (χ0) is 16.2. The van der Waals surface area contributed by atoms with Crippen molar-refractivity contribution < 1.29 is 9.53 Å². The highest BCUT2D eigenvalue weighted by molar-refractivity contribution is 6.34. The zero-order valence-corrected chi connectivity index (χ0v) is 13.3. The number of halogens is 1. The average molecular weight is 327 g/mol.